The minimum absolute atomic E-state index is 0.00803. The molecule has 1 spiro atoms. The lowest BCUT2D eigenvalue weighted by Crippen LogP contribution is -2.64. The first-order valence-corrected chi connectivity index (χ1v) is 9.58. The molecule has 3 fully saturated rings. The number of hydrogen-bond donors (Lipinski definition) is 1. The Morgan fingerprint density at radius 2 is 1.85 bits per heavy atom. The molecule has 1 aromatic heterocycles. The summed E-state index contributed by atoms with van der Waals surface area (Å²) in [6, 6.07) is 0.323. The second kappa shape index (κ2) is 6.55. The Morgan fingerprint density at radius 3 is 2.46 bits per heavy atom. The van der Waals surface area contributed by atoms with E-state index < -0.39 is 0 Å². The zero-order valence-electron chi connectivity index (χ0n) is 15.5. The van der Waals surface area contributed by atoms with Crippen LogP contribution in [0.1, 0.15) is 56.7 Å². The average molecular weight is 361 g/mol. The summed E-state index contributed by atoms with van der Waals surface area (Å²) in [5.74, 6) is 1.22. The number of amides is 3. The molecule has 1 saturated carbocycles. The number of urea groups is 1. The van der Waals surface area contributed by atoms with Gasteiger partial charge in [0, 0.05) is 44.6 Å². The molecule has 2 saturated heterocycles. The molecule has 142 valence electrons. The van der Waals surface area contributed by atoms with E-state index in [1.54, 1.807) is 13.8 Å². The van der Waals surface area contributed by atoms with E-state index in [0.29, 0.717) is 43.9 Å². The van der Waals surface area contributed by atoms with Gasteiger partial charge in [-0.1, -0.05) is 24.4 Å². The Bertz CT molecular complexity index is 691. The normalized spacial score (nSPS) is 25.4. The summed E-state index contributed by atoms with van der Waals surface area (Å²) in [4.78, 5) is 32.6. The molecule has 3 heterocycles. The van der Waals surface area contributed by atoms with Gasteiger partial charge in [0.2, 0.25) is 11.8 Å². The maximum absolute atomic E-state index is 12.6. The Labute approximate surface area is 153 Å². The molecule has 1 unspecified atom stereocenters. The third kappa shape index (κ3) is 3.05. The monoisotopic (exact) mass is 361 g/mol. The number of nitrogens with one attached hydrogen (secondary N) is 1. The maximum Gasteiger partial charge on any atom is 0.317 e. The summed E-state index contributed by atoms with van der Waals surface area (Å²) in [6.07, 6.45) is 5.81. The zero-order chi connectivity index (χ0) is 18.3. The minimum Gasteiger partial charge on any atom is -0.341 e. The molecule has 0 bridgehead atoms. The van der Waals surface area contributed by atoms with E-state index in [1.165, 1.54) is 19.3 Å². The van der Waals surface area contributed by atoms with Crippen molar-refractivity contribution >= 4 is 11.9 Å². The number of carbonyl (C=O) groups excluding carboxylic acids is 2. The van der Waals surface area contributed by atoms with Crippen molar-refractivity contribution in [2.75, 3.05) is 26.2 Å². The lowest BCUT2D eigenvalue weighted by Gasteiger charge is -2.50. The highest BCUT2D eigenvalue weighted by Gasteiger charge is 2.58. The number of likely N-dealkylation sites (tertiary alicyclic amines) is 2. The van der Waals surface area contributed by atoms with Crippen LogP contribution in [-0.4, -0.2) is 64.1 Å². The van der Waals surface area contributed by atoms with Crippen molar-refractivity contribution in [2.24, 2.45) is 5.41 Å². The van der Waals surface area contributed by atoms with E-state index in [0.717, 1.165) is 12.8 Å². The van der Waals surface area contributed by atoms with Crippen molar-refractivity contribution < 1.29 is 14.1 Å². The van der Waals surface area contributed by atoms with Crippen LogP contribution in [0.2, 0.25) is 0 Å². The first-order valence-electron chi connectivity index (χ1n) is 9.58. The van der Waals surface area contributed by atoms with Crippen molar-refractivity contribution in [2.45, 2.75) is 57.9 Å². The highest BCUT2D eigenvalue weighted by atomic mass is 16.5. The van der Waals surface area contributed by atoms with Crippen LogP contribution in [0.15, 0.2) is 4.52 Å². The van der Waals surface area contributed by atoms with Crippen LogP contribution in [-0.2, 0) is 4.79 Å². The number of rotatable bonds is 2. The summed E-state index contributed by atoms with van der Waals surface area (Å²) >= 11 is 0. The van der Waals surface area contributed by atoms with Gasteiger partial charge in [0.05, 0.1) is 5.92 Å². The molecule has 4 rings (SSSR count). The summed E-state index contributed by atoms with van der Waals surface area (Å²) in [5, 5.41) is 7.08. The molecule has 3 amide bonds. The van der Waals surface area contributed by atoms with Crippen molar-refractivity contribution in [3.8, 4) is 0 Å². The van der Waals surface area contributed by atoms with Gasteiger partial charge >= 0.3 is 6.03 Å². The summed E-state index contributed by atoms with van der Waals surface area (Å²) in [5.41, 5.74) is -0.172. The van der Waals surface area contributed by atoms with Gasteiger partial charge < -0.3 is 19.6 Å². The molecule has 8 heteroatoms. The standard InChI is InChI=1S/C18H27N5O3/c1-12-19-16(26-21-12)15-8-22(13(2)24)9-18(15)10-23(11-18)17(25)20-14-6-4-3-5-7-14/h14-15H,3-11H2,1-2H3,(H,20,25). The van der Waals surface area contributed by atoms with E-state index in [1.807, 2.05) is 9.80 Å². The number of aryl methyl sites for hydroxylation is 1. The second-order valence-corrected chi connectivity index (χ2v) is 8.13. The SMILES string of the molecule is CC(=O)N1CC(c2nc(C)no2)C2(C1)CN(C(=O)NC1CCCCC1)C2. The minimum atomic E-state index is -0.172. The number of nitrogens with zero attached hydrogens (tertiary/aromatic N) is 4. The van der Waals surface area contributed by atoms with Gasteiger partial charge in [-0.25, -0.2) is 4.79 Å². The predicted molar refractivity (Wildman–Crippen MR) is 93.4 cm³/mol. The molecule has 0 aromatic carbocycles. The van der Waals surface area contributed by atoms with Crippen LogP contribution in [0.4, 0.5) is 4.79 Å². The third-order valence-electron chi connectivity index (χ3n) is 6.17. The van der Waals surface area contributed by atoms with Crippen molar-refractivity contribution in [1.29, 1.82) is 0 Å². The number of aromatic nitrogens is 2. The fourth-order valence-corrected chi connectivity index (χ4v) is 4.69. The van der Waals surface area contributed by atoms with Crippen LogP contribution >= 0.6 is 0 Å². The van der Waals surface area contributed by atoms with Crippen LogP contribution < -0.4 is 5.32 Å². The van der Waals surface area contributed by atoms with E-state index >= 15 is 0 Å². The quantitative estimate of drug-likeness (QED) is 0.865. The summed E-state index contributed by atoms with van der Waals surface area (Å²) < 4.78 is 5.41. The first-order chi connectivity index (χ1) is 12.5. The fraction of sp³-hybridized carbons (Fsp3) is 0.778. The molecule has 26 heavy (non-hydrogen) atoms. The highest BCUT2D eigenvalue weighted by molar-refractivity contribution is 5.77. The molecule has 1 atom stereocenters. The van der Waals surface area contributed by atoms with E-state index in [2.05, 4.69) is 15.5 Å². The van der Waals surface area contributed by atoms with E-state index in [-0.39, 0.29) is 23.3 Å². The Balaban J connectivity index is 1.43. The molecule has 3 aliphatic rings. The smallest absolute Gasteiger partial charge is 0.317 e. The topological polar surface area (TPSA) is 91.6 Å². The Morgan fingerprint density at radius 1 is 1.15 bits per heavy atom. The van der Waals surface area contributed by atoms with Crippen LogP contribution in [0.5, 0.6) is 0 Å². The van der Waals surface area contributed by atoms with Crippen molar-refractivity contribution in [3.63, 3.8) is 0 Å². The lowest BCUT2D eigenvalue weighted by atomic mass is 9.71. The van der Waals surface area contributed by atoms with Gasteiger partial charge in [0.25, 0.3) is 0 Å². The van der Waals surface area contributed by atoms with Crippen LogP contribution in [0, 0.1) is 12.3 Å². The second-order valence-electron chi connectivity index (χ2n) is 8.13. The average Bonchev–Trinajstić information content (AvgIpc) is 3.18. The molecular formula is C18H27N5O3. The first kappa shape index (κ1) is 17.3. The Hall–Kier alpha value is -2.12. The fourth-order valence-electron chi connectivity index (χ4n) is 4.69. The van der Waals surface area contributed by atoms with Gasteiger partial charge in [0.1, 0.15) is 0 Å². The number of carbonyl (C=O) groups is 2. The largest absolute Gasteiger partial charge is 0.341 e. The van der Waals surface area contributed by atoms with Crippen LogP contribution in [0.25, 0.3) is 0 Å². The van der Waals surface area contributed by atoms with Crippen molar-refractivity contribution in [1.82, 2.24) is 25.3 Å². The molecule has 1 N–H and O–H groups in total. The predicted octanol–water partition coefficient (Wildman–Crippen LogP) is 1.67. The third-order valence-corrected chi connectivity index (χ3v) is 6.17. The van der Waals surface area contributed by atoms with Gasteiger partial charge in [0.15, 0.2) is 5.82 Å². The number of hydrogen-bond acceptors (Lipinski definition) is 5. The molecular weight excluding hydrogens is 334 g/mol. The van der Waals surface area contributed by atoms with Gasteiger partial charge in [-0.3, -0.25) is 4.79 Å². The highest BCUT2D eigenvalue weighted by Crippen LogP contribution is 2.48. The van der Waals surface area contributed by atoms with E-state index in [9.17, 15) is 9.59 Å². The molecule has 0 radical (unpaired) electrons. The summed E-state index contributed by atoms with van der Waals surface area (Å²) in [6.45, 7) is 5.85. The van der Waals surface area contributed by atoms with E-state index in [4.69, 9.17) is 4.52 Å². The van der Waals surface area contributed by atoms with Gasteiger partial charge in [-0.2, -0.15) is 4.98 Å². The van der Waals surface area contributed by atoms with Gasteiger partial charge in [-0.05, 0) is 19.8 Å². The zero-order valence-corrected chi connectivity index (χ0v) is 15.5. The van der Waals surface area contributed by atoms with Crippen LogP contribution in [0.3, 0.4) is 0 Å². The molecule has 2 aliphatic heterocycles. The van der Waals surface area contributed by atoms with Gasteiger partial charge in [-0.15, -0.1) is 0 Å². The maximum atomic E-state index is 12.6. The molecule has 1 aromatic rings. The molecule has 1 aliphatic carbocycles. The Kier molecular flexibility index (Phi) is 4.36. The molecule has 8 nitrogen and oxygen atoms in total. The lowest BCUT2D eigenvalue weighted by molar-refractivity contribution is -0.128. The van der Waals surface area contributed by atoms with Crippen molar-refractivity contribution in [3.05, 3.63) is 11.7 Å². The summed E-state index contributed by atoms with van der Waals surface area (Å²) in [7, 11) is 0.